The van der Waals surface area contributed by atoms with Crippen LogP contribution in [0.4, 0.5) is 5.82 Å². The average Bonchev–Trinajstić information content (AvgIpc) is 2.83. The molecule has 0 atom stereocenters. The van der Waals surface area contributed by atoms with Crippen molar-refractivity contribution in [3.05, 3.63) is 28.7 Å². The van der Waals surface area contributed by atoms with Crippen molar-refractivity contribution in [3.8, 4) is 0 Å². The smallest absolute Gasteiger partial charge is 0.261 e. The van der Waals surface area contributed by atoms with E-state index in [0.29, 0.717) is 34.7 Å². The highest BCUT2D eigenvalue weighted by atomic mass is 35.5. The molecule has 2 aromatic rings. The van der Waals surface area contributed by atoms with Crippen LogP contribution >= 0.6 is 11.6 Å². The lowest BCUT2D eigenvalue weighted by molar-refractivity contribution is 0.102. The van der Waals surface area contributed by atoms with Gasteiger partial charge in [-0.1, -0.05) is 25.4 Å². The van der Waals surface area contributed by atoms with E-state index in [1.165, 1.54) is 0 Å². The second kappa shape index (κ2) is 5.66. The molecule has 2 aromatic heterocycles. The lowest BCUT2D eigenvalue weighted by atomic mass is 10.2. The normalized spacial score (nSPS) is 11.1. The number of carbonyl (C=O) groups excluding carboxylic acids is 1. The fourth-order valence-corrected chi connectivity index (χ4v) is 2.27. The van der Waals surface area contributed by atoms with Crippen molar-refractivity contribution in [2.75, 3.05) is 5.32 Å². The second-order valence-electron chi connectivity index (χ2n) is 5.16. The zero-order chi connectivity index (χ0) is 14.9. The van der Waals surface area contributed by atoms with E-state index < -0.39 is 0 Å². The number of nitrogens with zero attached hydrogens (tertiary/aromatic N) is 4. The predicted molar refractivity (Wildman–Crippen MR) is 78.0 cm³/mol. The Bertz CT molecular complexity index is 629. The van der Waals surface area contributed by atoms with Gasteiger partial charge in [-0.15, -0.1) is 0 Å². The van der Waals surface area contributed by atoms with E-state index in [-0.39, 0.29) is 5.91 Å². The number of amides is 1. The topological polar surface area (TPSA) is 64.7 Å². The first-order valence-corrected chi connectivity index (χ1v) is 6.80. The van der Waals surface area contributed by atoms with Gasteiger partial charge in [0, 0.05) is 25.9 Å². The molecule has 2 heterocycles. The van der Waals surface area contributed by atoms with Gasteiger partial charge in [0.15, 0.2) is 5.82 Å². The molecule has 0 aliphatic rings. The molecule has 0 spiro atoms. The number of rotatable bonds is 4. The van der Waals surface area contributed by atoms with Crippen LogP contribution in [0.5, 0.6) is 0 Å². The van der Waals surface area contributed by atoms with Crippen molar-refractivity contribution in [3.63, 3.8) is 0 Å². The highest BCUT2D eigenvalue weighted by molar-refractivity contribution is 6.33. The van der Waals surface area contributed by atoms with Gasteiger partial charge in [-0.25, -0.2) is 0 Å². The molecule has 0 aliphatic carbocycles. The Kier molecular flexibility index (Phi) is 4.13. The van der Waals surface area contributed by atoms with Crippen LogP contribution < -0.4 is 5.32 Å². The minimum atomic E-state index is -0.291. The Balaban J connectivity index is 2.23. The fraction of sp³-hybridized carbons (Fsp3) is 0.462. The quantitative estimate of drug-likeness (QED) is 0.942. The summed E-state index contributed by atoms with van der Waals surface area (Å²) < 4.78 is 3.28. The van der Waals surface area contributed by atoms with Gasteiger partial charge in [0.25, 0.3) is 5.91 Å². The molecule has 6 nitrogen and oxygen atoms in total. The third-order valence-corrected chi connectivity index (χ3v) is 3.17. The SMILES string of the molecule is Cc1nn(CC(C)C)c(Cl)c1C(=O)Nc1ccn(C)n1. The van der Waals surface area contributed by atoms with Gasteiger partial charge in [-0.05, 0) is 12.8 Å². The summed E-state index contributed by atoms with van der Waals surface area (Å²) in [7, 11) is 1.79. The summed E-state index contributed by atoms with van der Waals surface area (Å²) >= 11 is 6.25. The third-order valence-electron chi connectivity index (χ3n) is 2.79. The molecular formula is C13H18ClN5O. The van der Waals surface area contributed by atoms with Crippen LogP contribution in [0.25, 0.3) is 0 Å². The highest BCUT2D eigenvalue weighted by Gasteiger charge is 2.21. The molecule has 7 heteroatoms. The Morgan fingerprint density at radius 2 is 2.15 bits per heavy atom. The van der Waals surface area contributed by atoms with Crippen molar-refractivity contribution in [2.45, 2.75) is 27.3 Å². The zero-order valence-corrected chi connectivity index (χ0v) is 12.8. The molecule has 0 aromatic carbocycles. The zero-order valence-electron chi connectivity index (χ0n) is 12.0. The number of carbonyl (C=O) groups is 1. The van der Waals surface area contributed by atoms with Crippen LogP contribution in [-0.2, 0) is 13.6 Å². The molecule has 1 amide bonds. The Morgan fingerprint density at radius 1 is 1.45 bits per heavy atom. The van der Waals surface area contributed by atoms with Crippen molar-refractivity contribution in [1.82, 2.24) is 19.6 Å². The lowest BCUT2D eigenvalue weighted by Gasteiger charge is -2.06. The minimum Gasteiger partial charge on any atom is -0.305 e. The molecular weight excluding hydrogens is 278 g/mol. The molecule has 0 saturated heterocycles. The molecule has 0 aliphatic heterocycles. The van der Waals surface area contributed by atoms with E-state index in [1.807, 2.05) is 0 Å². The average molecular weight is 296 g/mol. The van der Waals surface area contributed by atoms with E-state index in [9.17, 15) is 4.79 Å². The first kappa shape index (κ1) is 14.6. The molecule has 108 valence electrons. The van der Waals surface area contributed by atoms with Crippen molar-refractivity contribution < 1.29 is 4.79 Å². The van der Waals surface area contributed by atoms with E-state index in [4.69, 9.17) is 11.6 Å². The number of hydrogen-bond donors (Lipinski definition) is 1. The van der Waals surface area contributed by atoms with Crippen LogP contribution in [0.1, 0.15) is 29.9 Å². The van der Waals surface area contributed by atoms with Crippen LogP contribution in [0.3, 0.4) is 0 Å². The van der Waals surface area contributed by atoms with Gasteiger partial charge >= 0.3 is 0 Å². The summed E-state index contributed by atoms with van der Waals surface area (Å²) in [6.07, 6.45) is 1.76. The Hall–Kier alpha value is -1.82. The first-order valence-electron chi connectivity index (χ1n) is 6.42. The van der Waals surface area contributed by atoms with Gasteiger partial charge in [0.05, 0.1) is 11.3 Å². The molecule has 0 saturated carbocycles. The monoisotopic (exact) mass is 295 g/mol. The summed E-state index contributed by atoms with van der Waals surface area (Å²) in [6.45, 7) is 6.59. The highest BCUT2D eigenvalue weighted by Crippen LogP contribution is 2.22. The standard InChI is InChI=1S/C13H18ClN5O/c1-8(2)7-19-12(14)11(9(3)16-19)13(20)15-10-5-6-18(4)17-10/h5-6,8H,7H2,1-4H3,(H,15,17,20). The number of nitrogens with one attached hydrogen (secondary N) is 1. The number of hydrogen-bond acceptors (Lipinski definition) is 3. The molecule has 1 N–H and O–H groups in total. The van der Waals surface area contributed by atoms with E-state index >= 15 is 0 Å². The largest absolute Gasteiger partial charge is 0.305 e. The van der Waals surface area contributed by atoms with Crippen molar-refractivity contribution in [2.24, 2.45) is 13.0 Å². The van der Waals surface area contributed by atoms with E-state index in [0.717, 1.165) is 0 Å². The van der Waals surface area contributed by atoms with Gasteiger partial charge < -0.3 is 5.32 Å². The van der Waals surface area contributed by atoms with Gasteiger partial charge in [0.1, 0.15) is 5.15 Å². The molecule has 20 heavy (non-hydrogen) atoms. The minimum absolute atomic E-state index is 0.291. The molecule has 0 bridgehead atoms. The van der Waals surface area contributed by atoms with Gasteiger partial charge in [0.2, 0.25) is 0 Å². The number of anilines is 1. The number of halogens is 1. The third kappa shape index (κ3) is 3.01. The first-order chi connectivity index (χ1) is 9.38. The van der Waals surface area contributed by atoms with Gasteiger partial charge in [-0.2, -0.15) is 10.2 Å². The number of aryl methyl sites for hydroxylation is 2. The van der Waals surface area contributed by atoms with Crippen molar-refractivity contribution >= 4 is 23.3 Å². The fourth-order valence-electron chi connectivity index (χ4n) is 1.94. The number of aromatic nitrogens is 4. The van der Waals surface area contributed by atoms with Crippen LogP contribution in [0.2, 0.25) is 5.15 Å². The van der Waals surface area contributed by atoms with Crippen LogP contribution in [-0.4, -0.2) is 25.5 Å². The van der Waals surface area contributed by atoms with Crippen molar-refractivity contribution in [1.29, 1.82) is 0 Å². The summed E-state index contributed by atoms with van der Waals surface area (Å²) in [4.78, 5) is 12.3. The lowest BCUT2D eigenvalue weighted by Crippen LogP contribution is -2.14. The maximum atomic E-state index is 12.3. The molecule has 0 radical (unpaired) electrons. The van der Waals surface area contributed by atoms with E-state index in [1.54, 1.807) is 35.6 Å². The summed E-state index contributed by atoms with van der Waals surface area (Å²) in [5.74, 6) is 0.601. The molecule has 0 fully saturated rings. The predicted octanol–water partition coefficient (Wildman–Crippen LogP) is 2.49. The van der Waals surface area contributed by atoms with E-state index in [2.05, 4.69) is 29.4 Å². The maximum Gasteiger partial charge on any atom is 0.261 e. The van der Waals surface area contributed by atoms with Gasteiger partial charge in [-0.3, -0.25) is 14.2 Å². The maximum absolute atomic E-state index is 12.3. The Morgan fingerprint density at radius 3 is 2.70 bits per heavy atom. The molecule has 0 unspecified atom stereocenters. The summed E-state index contributed by atoms with van der Waals surface area (Å²) in [6, 6.07) is 1.72. The van der Waals surface area contributed by atoms with Crippen LogP contribution in [0.15, 0.2) is 12.3 Å². The second-order valence-corrected chi connectivity index (χ2v) is 5.51. The Labute approximate surface area is 122 Å². The summed E-state index contributed by atoms with van der Waals surface area (Å²) in [5.41, 5.74) is 1.02. The molecule has 2 rings (SSSR count). The van der Waals surface area contributed by atoms with Crippen LogP contribution in [0, 0.1) is 12.8 Å². The summed E-state index contributed by atoms with van der Waals surface area (Å²) in [5, 5.41) is 11.5.